The van der Waals surface area contributed by atoms with Gasteiger partial charge in [0.15, 0.2) is 5.82 Å². The van der Waals surface area contributed by atoms with Gasteiger partial charge in [-0.05, 0) is 42.3 Å². The van der Waals surface area contributed by atoms with Gasteiger partial charge >= 0.3 is 5.69 Å². The van der Waals surface area contributed by atoms with E-state index in [2.05, 4.69) is 40.4 Å². The molecule has 28 heavy (non-hydrogen) atoms. The van der Waals surface area contributed by atoms with Crippen molar-refractivity contribution in [1.82, 2.24) is 19.7 Å². The second kappa shape index (κ2) is 6.44. The minimum Gasteiger partial charge on any atom is -0.508 e. The molecule has 146 valence electrons. The Bertz CT molecular complexity index is 1090. The molecule has 3 N–H and O–H groups in total. The van der Waals surface area contributed by atoms with Gasteiger partial charge in [-0.2, -0.15) is 5.10 Å². The zero-order chi connectivity index (χ0) is 20.2. The Hall–Kier alpha value is -3.22. The highest BCUT2D eigenvalue weighted by atomic mass is 16.3. The third-order valence-electron chi connectivity index (χ3n) is 5.52. The molecule has 0 saturated carbocycles. The lowest BCUT2D eigenvalue weighted by atomic mass is 9.90. The summed E-state index contributed by atoms with van der Waals surface area (Å²) in [6.07, 6.45) is 8.15. The van der Waals surface area contributed by atoms with E-state index >= 15 is 0 Å². The van der Waals surface area contributed by atoms with E-state index in [-0.39, 0.29) is 35.1 Å². The summed E-state index contributed by atoms with van der Waals surface area (Å²) < 4.78 is 1.47. The number of benzene rings is 1. The average Bonchev–Trinajstić information content (AvgIpc) is 3.14. The molecule has 0 spiro atoms. The molecule has 0 radical (unpaired) electrons. The maximum atomic E-state index is 12.6. The van der Waals surface area contributed by atoms with E-state index in [1.54, 1.807) is 6.07 Å². The van der Waals surface area contributed by atoms with E-state index < -0.39 is 0 Å². The first-order valence-corrected chi connectivity index (χ1v) is 9.32. The number of aromatic nitrogens is 3. The first-order chi connectivity index (χ1) is 13.3. The predicted molar refractivity (Wildman–Crippen MR) is 108 cm³/mol. The van der Waals surface area contributed by atoms with Crippen LogP contribution in [0.4, 0.5) is 0 Å². The van der Waals surface area contributed by atoms with E-state index in [9.17, 15) is 15.0 Å². The van der Waals surface area contributed by atoms with Gasteiger partial charge in [0.05, 0.1) is 11.6 Å². The second-order valence-corrected chi connectivity index (χ2v) is 7.78. The number of likely N-dealkylation sites (N-methyl/N-ethyl adjacent to an activating group) is 1. The highest BCUT2D eigenvalue weighted by molar-refractivity contribution is 5.73. The smallest absolute Gasteiger partial charge is 0.348 e. The predicted octanol–water partition coefficient (Wildman–Crippen LogP) is 3.02. The first kappa shape index (κ1) is 18.2. The highest BCUT2D eigenvalue weighted by Crippen LogP contribution is 2.39. The van der Waals surface area contributed by atoms with Crippen molar-refractivity contribution in [3.8, 4) is 22.9 Å². The number of nitrogens with zero attached hydrogens (tertiary/aromatic N) is 3. The van der Waals surface area contributed by atoms with Gasteiger partial charge in [0.25, 0.3) is 0 Å². The third-order valence-corrected chi connectivity index (χ3v) is 5.52. The molecule has 2 atom stereocenters. The topological polar surface area (TPSA) is 94.4 Å². The minimum atomic E-state index is -0.379. The molecule has 2 unspecified atom stereocenters. The number of aromatic amines is 1. The van der Waals surface area contributed by atoms with Gasteiger partial charge in [0, 0.05) is 24.7 Å². The summed E-state index contributed by atoms with van der Waals surface area (Å²) in [5, 5.41) is 27.2. The highest BCUT2D eigenvalue weighted by Gasteiger charge is 2.31. The molecule has 0 fully saturated rings. The molecule has 4 rings (SSSR count). The molecule has 1 aliphatic heterocycles. The SMILES string of the molecule is CC1=CN(C)C2C=CC(n3c(-c4cc(C(C)C)c(O)cc4O)n[nH]c3=O)=CC12. The number of hydrogen-bond donors (Lipinski definition) is 3. The van der Waals surface area contributed by atoms with Crippen LogP contribution in [0.25, 0.3) is 17.1 Å². The number of H-pyrrole nitrogens is 1. The molecule has 1 aromatic carbocycles. The summed E-state index contributed by atoms with van der Waals surface area (Å²) >= 11 is 0. The average molecular weight is 380 g/mol. The Kier molecular flexibility index (Phi) is 4.18. The zero-order valence-electron chi connectivity index (χ0n) is 16.3. The van der Waals surface area contributed by atoms with Crippen LogP contribution in [-0.4, -0.2) is 43.0 Å². The standard InChI is InChI=1S/C21H24N4O3/c1-11(2)14-8-16(19(27)9-18(14)26)20-22-23-21(28)25(20)13-5-6-17-15(7-13)12(3)10-24(17)4/h5-11,15,17,26-27H,1-4H3,(H,23,28). The molecular weight excluding hydrogens is 356 g/mol. The van der Waals surface area contributed by atoms with Gasteiger partial charge in [0.1, 0.15) is 11.5 Å². The van der Waals surface area contributed by atoms with E-state index in [0.717, 1.165) is 0 Å². The van der Waals surface area contributed by atoms with E-state index in [1.165, 1.54) is 16.2 Å². The number of phenolic OH excluding ortho intramolecular Hbond substituents is 2. The van der Waals surface area contributed by atoms with Crippen LogP contribution in [0.5, 0.6) is 11.5 Å². The van der Waals surface area contributed by atoms with Crippen molar-refractivity contribution in [2.45, 2.75) is 32.7 Å². The largest absolute Gasteiger partial charge is 0.508 e. The molecule has 2 aliphatic rings. The van der Waals surface area contributed by atoms with E-state index in [4.69, 9.17) is 0 Å². The zero-order valence-corrected chi connectivity index (χ0v) is 16.3. The van der Waals surface area contributed by atoms with Gasteiger partial charge in [0.2, 0.25) is 0 Å². The molecule has 7 heteroatoms. The summed E-state index contributed by atoms with van der Waals surface area (Å²) in [4.78, 5) is 14.7. The molecule has 2 heterocycles. The van der Waals surface area contributed by atoms with Crippen LogP contribution >= 0.6 is 0 Å². The number of fused-ring (bicyclic) bond motifs is 1. The molecule has 2 aromatic rings. The van der Waals surface area contributed by atoms with Crippen LogP contribution in [0.15, 0.2) is 46.9 Å². The molecule has 1 aliphatic carbocycles. The van der Waals surface area contributed by atoms with E-state index in [0.29, 0.717) is 22.6 Å². The summed E-state index contributed by atoms with van der Waals surface area (Å²) in [6.45, 7) is 5.98. The fourth-order valence-corrected chi connectivity index (χ4v) is 4.04. The maximum absolute atomic E-state index is 12.6. The van der Waals surface area contributed by atoms with Crippen LogP contribution < -0.4 is 5.69 Å². The molecule has 0 bridgehead atoms. The molecule has 0 amide bonds. The second-order valence-electron chi connectivity index (χ2n) is 7.78. The number of hydrogen-bond acceptors (Lipinski definition) is 5. The quantitative estimate of drug-likeness (QED) is 0.761. The summed E-state index contributed by atoms with van der Waals surface area (Å²) in [6, 6.07) is 3.23. The van der Waals surface area contributed by atoms with Crippen molar-refractivity contribution in [2.75, 3.05) is 7.05 Å². The van der Waals surface area contributed by atoms with Crippen molar-refractivity contribution in [3.63, 3.8) is 0 Å². The van der Waals surface area contributed by atoms with Gasteiger partial charge in [-0.25, -0.2) is 14.5 Å². The Morgan fingerprint density at radius 3 is 2.68 bits per heavy atom. The van der Waals surface area contributed by atoms with Crippen molar-refractivity contribution in [1.29, 1.82) is 0 Å². The van der Waals surface area contributed by atoms with Crippen molar-refractivity contribution < 1.29 is 10.2 Å². The van der Waals surface area contributed by atoms with Gasteiger partial charge in [-0.3, -0.25) is 0 Å². The number of aromatic hydroxyl groups is 2. The van der Waals surface area contributed by atoms with Crippen LogP contribution in [-0.2, 0) is 0 Å². The number of allylic oxidation sites excluding steroid dienone is 2. The normalized spacial score (nSPS) is 21.1. The number of nitrogens with one attached hydrogen (secondary N) is 1. The monoisotopic (exact) mass is 380 g/mol. The minimum absolute atomic E-state index is 0.0232. The summed E-state index contributed by atoms with van der Waals surface area (Å²) in [7, 11) is 2.04. The lowest BCUT2D eigenvalue weighted by molar-refractivity contribution is 0.378. The van der Waals surface area contributed by atoms with Crippen molar-refractivity contribution >= 4 is 5.70 Å². The summed E-state index contributed by atoms with van der Waals surface area (Å²) in [5.74, 6) is 0.438. The van der Waals surface area contributed by atoms with E-state index in [1.807, 2.05) is 27.0 Å². The van der Waals surface area contributed by atoms with Crippen molar-refractivity contribution in [3.05, 3.63) is 58.2 Å². The maximum Gasteiger partial charge on any atom is 0.348 e. The Balaban J connectivity index is 1.85. The molecule has 7 nitrogen and oxygen atoms in total. The molecule has 1 aromatic heterocycles. The van der Waals surface area contributed by atoms with Crippen LogP contribution in [0, 0.1) is 5.92 Å². The van der Waals surface area contributed by atoms with Crippen molar-refractivity contribution in [2.24, 2.45) is 5.92 Å². The van der Waals surface area contributed by atoms with Gasteiger partial charge < -0.3 is 15.1 Å². The van der Waals surface area contributed by atoms with Gasteiger partial charge in [-0.15, -0.1) is 0 Å². The molecular formula is C21H24N4O3. The lowest BCUT2D eigenvalue weighted by Crippen LogP contribution is -2.29. The fraction of sp³-hybridized carbons (Fsp3) is 0.333. The lowest BCUT2D eigenvalue weighted by Gasteiger charge is -2.26. The summed E-state index contributed by atoms with van der Waals surface area (Å²) in [5.41, 5.74) is 2.63. The number of rotatable bonds is 3. The van der Waals surface area contributed by atoms with Crippen LogP contribution in [0.1, 0.15) is 32.3 Å². The van der Waals surface area contributed by atoms with Gasteiger partial charge in [-0.1, -0.05) is 26.0 Å². The Labute approximate surface area is 162 Å². The first-order valence-electron chi connectivity index (χ1n) is 9.32. The third kappa shape index (κ3) is 2.74. The molecule has 0 saturated heterocycles. The number of phenols is 2. The van der Waals surface area contributed by atoms with Crippen LogP contribution in [0.2, 0.25) is 0 Å². The Morgan fingerprint density at radius 2 is 1.96 bits per heavy atom. The fourth-order valence-electron chi connectivity index (χ4n) is 4.04. The Morgan fingerprint density at radius 1 is 1.21 bits per heavy atom. The van der Waals surface area contributed by atoms with Crippen LogP contribution in [0.3, 0.4) is 0 Å².